The van der Waals surface area contributed by atoms with Crippen LogP contribution in [0.2, 0.25) is 0 Å². The fourth-order valence-corrected chi connectivity index (χ4v) is 5.76. The normalized spacial score (nSPS) is 23.7. The van der Waals surface area contributed by atoms with Gasteiger partial charge in [-0.2, -0.15) is 0 Å². The molecule has 0 heteroatoms. The van der Waals surface area contributed by atoms with E-state index in [1.807, 2.05) is 0 Å². The highest BCUT2D eigenvalue weighted by molar-refractivity contribution is 5.75. The number of hydrogen-bond donors (Lipinski definition) is 0. The molecular weight excluding hydrogens is 372 g/mol. The van der Waals surface area contributed by atoms with E-state index in [2.05, 4.69) is 56.3 Å². The molecule has 0 aliphatic heterocycles. The number of hydrogen-bond acceptors (Lipinski definition) is 0. The molecule has 31 heavy (non-hydrogen) atoms. The molecule has 1 fully saturated rings. The Morgan fingerprint density at radius 3 is 2.10 bits per heavy atom. The zero-order valence-corrected chi connectivity index (χ0v) is 20.6. The van der Waals surface area contributed by atoms with Crippen molar-refractivity contribution in [3.05, 3.63) is 53.6 Å². The molecule has 0 aromatic heterocycles. The fourth-order valence-electron chi connectivity index (χ4n) is 5.76. The largest absolute Gasteiger partial charge is 0.0802 e. The third kappa shape index (κ3) is 8.28. The molecule has 0 spiro atoms. The Bertz CT molecular complexity index is 654. The van der Waals surface area contributed by atoms with E-state index in [0.717, 1.165) is 17.8 Å². The Labute approximate surface area is 193 Å². The van der Waals surface area contributed by atoms with Gasteiger partial charge in [0, 0.05) is 0 Å². The molecule has 1 aromatic rings. The minimum atomic E-state index is 0.784. The number of rotatable bonds is 13. The van der Waals surface area contributed by atoms with E-state index in [1.54, 1.807) is 0 Å². The van der Waals surface area contributed by atoms with Gasteiger partial charge in [0.25, 0.3) is 0 Å². The smallest absolute Gasteiger partial charge is 0.0167 e. The Kier molecular flexibility index (Phi) is 11.0. The first-order valence-electron chi connectivity index (χ1n) is 13.8. The number of benzene rings is 1. The lowest BCUT2D eigenvalue weighted by Crippen LogP contribution is -2.21. The summed E-state index contributed by atoms with van der Waals surface area (Å²) >= 11 is 0. The summed E-state index contributed by atoms with van der Waals surface area (Å²) < 4.78 is 0. The van der Waals surface area contributed by atoms with Crippen LogP contribution >= 0.6 is 0 Å². The number of aryl methyl sites for hydroxylation is 1. The summed E-state index contributed by atoms with van der Waals surface area (Å²) in [5.74, 6) is 2.74. The van der Waals surface area contributed by atoms with Gasteiger partial charge < -0.3 is 0 Å². The summed E-state index contributed by atoms with van der Waals surface area (Å²) in [6.45, 7) is 4.59. The molecule has 0 saturated heterocycles. The van der Waals surface area contributed by atoms with E-state index in [4.69, 9.17) is 0 Å². The number of unbranched alkanes of at least 4 members (excludes halogenated alkanes) is 7. The maximum absolute atomic E-state index is 2.54. The monoisotopic (exact) mass is 420 g/mol. The van der Waals surface area contributed by atoms with Crippen molar-refractivity contribution in [3.63, 3.8) is 0 Å². The average molecular weight is 421 g/mol. The van der Waals surface area contributed by atoms with Crippen LogP contribution in [0.5, 0.6) is 0 Å². The Hall–Kier alpha value is -1.30. The van der Waals surface area contributed by atoms with Gasteiger partial charge in [-0.1, -0.05) is 127 Å². The standard InChI is InChI=1S/C31H48/c1-3-5-7-8-9-11-13-27-16-20-29(21-17-27)31-24-22-30(23-25-31)28-18-14-26(15-19-28)12-10-6-4-2/h14-15,18-19,22-24,27,29,31H,3-13,16-17,20-21,25H2,1-2H3/t27-,29-,31?. The van der Waals surface area contributed by atoms with E-state index >= 15 is 0 Å². The van der Waals surface area contributed by atoms with E-state index in [9.17, 15) is 0 Å². The zero-order valence-electron chi connectivity index (χ0n) is 20.6. The van der Waals surface area contributed by atoms with Crippen LogP contribution in [0.25, 0.3) is 5.57 Å². The van der Waals surface area contributed by atoms with Crippen LogP contribution in [-0.4, -0.2) is 0 Å². The van der Waals surface area contributed by atoms with Crippen LogP contribution in [-0.2, 0) is 6.42 Å². The van der Waals surface area contributed by atoms with Crippen molar-refractivity contribution in [2.75, 3.05) is 0 Å². The summed E-state index contributed by atoms with van der Waals surface area (Å²) in [6, 6.07) is 9.37. The van der Waals surface area contributed by atoms with Gasteiger partial charge in [-0.15, -0.1) is 0 Å². The predicted molar refractivity (Wildman–Crippen MR) is 138 cm³/mol. The van der Waals surface area contributed by atoms with E-state index in [1.165, 1.54) is 119 Å². The average Bonchev–Trinajstić information content (AvgIpc) is 2.82. The molecular formula is C31H48. The lowest BCUT2D eigenvalue weighted by molar-refractivity contribution is 0.218. The molecule has 1 saturated carbocycles. The second kappa shape index (κ2) is 14.0. The lowest BCUT2D eigenvalue weighted by atomic mass is 9.72. The highest BCUT2D eigenvalue weighted by Crippen LogP contribution is 2.39. The van der Waals surface area contributed by atoms with Crippen LogP contribution < -0.4 is 0 Å². The van der Waals surface area contributed by atoms with Crippen molar-refractivity contribution in [1.29, 1.82) is 0 Å². The Morgan fingerprint density at radius 1 is 0.742 bits per heavy atom. The summed E-state index contributed by atoms with van der Waals surface area (Å²) in [4.78, 5) is 0. The molecule has 1 aromatic carbocycles. The SMILES string of the molecule is CCCCCCCC[C@H]1CC[C@H](C2C=CC(c3ccc(CCCCC)cc3)=CC2)CC1. The Balaban J connectivity index is 1.36. The quantitative estimate of drug-likeness (QED) is 0.278. The molecule has 172 valence electrons. The molecule has 0 bridgehead atoms. The van der Waals surface area contributed by atoms with Crippen LogP contribution in [0, 0.1) is 17.8 Å². The van der Waals surface area contributed by atoms with Gasteiger partial charge in [-0.05, 0) is 66.6 Å². The maximum Gasteiger partial charge on any atom is -0.0167 e. The van der Waals surface area contributed by atoms with Gasteiger partial charge in [0.2, 0.25) is 0 Å². The van der Waals surface area contributed by atoms with Gasteiger partial charge in [0.1, 0.15) is 0 Å². The lowest BCUT2D eigenvalue weighted by Gasteiger charge is -2.33. The molecule has 0 nitrogen and oxygen atoms in total. The first-order chi connectivity index (χ1) is 15.3. The Morgan fingerprint density at radius 2 is 1.42 bits per heavy atom. The van der Waals surface area contributed by atoms with Gasteiger partial charge in [-0.25, -0.2) is 0 Å². The highest BCUT2D eigenvalue weighted by atomic mass is 14.3. The van der Waals surface area contributed by atoms with Crippen LogP contribution in [0.1, 0.15) is 121 Å². The summed E-state index contributed by atoms with van der Waals surface area (Å²) in [5, 5.41) is 0. The van der Waals surface area contributed by atoms with Crippen molar-refractivity contribution in [1.82, 2.24) is 0 Å². The molecule has 3 rings (SSSR count). The molecule has 0 amide bonds. The van der Waals surface area contributed by atoms with Gasteiger partial charge in [0.05, 0.1) is 0 Å². The van der Waals surface area contributed by atoms with Crippen LogP contribution in [0.4, 0.5) is 0 Å². The summed E-state index contributed by atoms with van der Waals surface area (Å²) in [6.07, 6.45) is 30.0. The minimum Gasteiger partial charge on any atom is -0.0802 e. The second-order valence-corrected chi connectivity index (χ2v) is 10.4. The fraction of sp³-hybridized carbons (Fsp3) is 0.677. The summed E-state index contributed by atoms with van der Waals surface area (Å²) in [5.41, 5.74) is 4.33. The van der Waals surface area contributed by atoms with E-state index in [-0.39, 0.29) is 0 Å². The van der Waals surface area contributed by atoms with Crippen LogP contribution in [0.15, 0.2) is 42.5 Å². The molecule has 0 radical (unpaired) electrons. The van der Waals surface area contributed by atoms with Crippen LogP contribution in [0.3, 0.4) is 0 Å². The molecule has 1 atom stereocenters. The third-order valence-corrected chi connectivity index (χ3v) is 7.95. The third-order valence-electron chi connectivity index (χ3n) is 7.95. The highest BCUT2D eigenvalue weighted by Gasteiger charge is 2.26. The predicted octanol–water partition coefficient (Wildman–Crippen LogP) is 9.94. The molecule has 1 unspecified atom stereocenters. The molecule has 2 aliphatic rings. The first kappa shape index (κ1) is 24.3. The van der Waals surface area contributed by atoms with Gasteiger partial charge in [0.15, 0.2) is 0 Å². The molecule has 2 aliphatic carbocycles. The topological polar surface area (TPSA) is 0 Å². The minimum absolute atomic E-state index is 0.784. The first-order valence-corrected chi connectivity index (χ1v) is 13.8. The second-order valence-electron chi connectivity index (χ2n) is 10.4. The van der Waals surface area contributed by atoms with E-state index in [0.29, 0.717) is 0 Å². The van der Waals surface area contributed by atoms with Crippen molar-refractivity contribution in [2.24, 2.45) is 17.8 Å². The zero-order chi connectivity index (χ0) is 21.7. The maximum atomic E-state index is 2.54. The van der Waals surface area contributed by atoms with Crippen molar-refractivity contribution < 1.29 is 0 Å². The van der Waals surface area contributed by atoms with Crippen molar-refractivity contribution in [3.8, 4) is 0 Å². The van der Waals surface area contributed by atoms with Crippen molar-refractivity contribution >= 4 is 5.57 Å². The van der Waals surface area contributed by atoms with Gasteiger partial charge >= 0.3 is 0 Å². The number of allylic oxidation sites excluding steroid dienone is 4. The van der Waals surface area contributed by atoms with E-state index < -0.39 is 0 Å². The van der Waals surface area contributed by atoms with Crippen molar-refractivity contribution in [2.45, 2.75) is 117 Å². The summed E-state index contributed by atoms with van der Waals surface area (Å²) in [7, 11) is 0. The van der Waals surface area contributed by atoms with Gasteiger partial charge in [-0.3, -0.25) is 0 Å². The molecule has 0 heterocycles. The molecule has 0 N–H and O–H groups in total.